The fourth-order valence-electron chi connectivity index (χ4n) is 3.63. The Kier molecular flexibility index (Phi) is 5.48. The van der Waals surface area contributed by atoms with Crippen molar-refractivity contribution in [2.45, 2.75) is 6.92 Å². The van der Waals surface area contributed by atoms with Crippen LogP contribution in [0.2, 0.25) is 0 Å². The second kappa shape index (κ2) is 8.12. The van der Waals surface area contributed by atoms with Gasteiger partial charge in [-0.15, -0.1) is 0 Å². The SMILES string of the molecule is Cc1c(-c2ccc(-c3ccccc3F)cc2)nc2ccc(F)cc2c1C(=O)NS(C)(=O)=O. The molecule has 0 atom stereocenters. The molecule has 0 aliphatic rings. The lowest BCUT2D eigenvalue weighted by Crippen LogP contribution is -2.30. The highest BCUT2D eigenvalue weighted by molar-refractivity contribution is 7.89. The Bertz CT molecular complexity index is 1470. The minimum absolute atomic E-state index is 0.0214. The van der Waals surface area contributed by atoms with E-state index in [1.807, 2.05) is 4.72 Å². The molecule has 1 heterocycles. The molecule has 0 radical (unpaired) electrons. The van der Waals surface area contributed by atoms with E-state index in [1.165, 1.54) is 18.2 Å². The van der Waals surface area contributed by atoms with E-state index in [2.05, 4.69) is 4.98 Å². The summed E-state index contributed by atoms with van der Waals surface area (Å²) in [4.78, 5) is 17.4. The van der Waals surface area contributed by atoms with Gasteiger partial charge < -0.3 is 0 Å². The Balaban J connectivity index is 1.88. The second-order valence-electron chi connectivity index (χ2n) is 7.38. The van der Waals surface area contributed by atoms with Gasteiger partial charge in [-0.2, -0.15) is 0 Å². The van der Waals surface area contributed by atoms with E-state index in [0.29, 0.717) is 33.5 Å². The summed E-state index contributed by atoms with van der Waals surface area (Å²) in [5.74, 6) is -1.79. The summed E-state index contributed by atoms with van der Waals surface area (Å²) in [5.41, 5.74) is 2.94. The third-order valence-corrected chi connectivity index (χ3v) is 5.59. The average Bonchev–Trinajstić information content (AvgIpc) is 2.72. The Hall–Kier alpha value is -3.65. The average molecular weight is 452 g/mol. The molecule has 0 fully saturated rings. The highest BCUT2D eigenvalue weighted by Gasteiger charge is 2.21. The van der Waals surface area contributed by atoms with E-state index >= 15 is 0 Å². The Labute approximate surface area is 183 Å². The first-order valence-electron chi connectivity index (χ1n) is 9.61. The maximum Gasteiger partial charge on any atom is 0.265 e. The van der Waals surface area contributed by atoms with Crippen molar-refractivity contribution in [3.63, 3.8) is 0 Å². The molecule has 0 aliphatic heterocycles. The van der Waals surface area contributed by atoms with Gasteiger partial charge in [0.05, 0.1) is 23.0 Å². The van der Waals surface area contributed by atoms with Crippen molar-refractivity contribution in [3.05, 3.63) is 89.5 Å². The van der Waals surface area contributed by atoms with Crippen LogP contribution in [0, 0.1) is 18.6 Å². The number of nitrogens with zero attached hydrogens (tertiary/aromatic N) is 1. The monoisotopic (exact) mass is 452 g/mol. The number of sulfonamides is 1. The molecule has 5 nitrogen and oxygen atoms in total. The molecule has 0 spiro atoms. The number of halogens is 2. The van der Waals surface area contributed by atoms with Crippen LogP contribution in [0.4, 0.5) is 8.78 Å². The first-order valence-corrected chi connectivity index (χ1v) is 11.5. The molecule has 4 rings (SSSR count). The predicted molar refractivity (Wildman–Crippen MR) is 120 cm³/mol. The van der Waals surface area contributed by atoms with Crippen molar-refractivity contribution < 1.29 is 22.0 Å². The summed E-state index contributed by atoms with van der Waals surface area (Å²) < 4.78 is 53.2. The van der Waals surface area contributed by atoms with Gasteiger partial charge in [-0.05, 0) is 42.3 Å². The summed E-state index contributed by atoms with van der Waals surface area (Å²) in [6.45, 7) is 1.62. The topological polar surface area (TPSA) is 76.1 Å². The standard InChI is InChI=1S/C24H18F2N2O3S/c1-14-22(24(29)28-32(2,30)31)19-13-17(25)11-12-21(19)27-23(14)16-9-7-15(8-10-16)18-5-3-4-6-20(18)26/h3-13H,1-2H3,(H,28,29). The quantitative estimate of drug-likeness (QED) is 0.481. The molecule has 0 aliphatic carbocycles. The summed E-state index contributed by atoms with van der Waals surface area (Å²) in [7, 11) is -3.83. The minimum atomic E-state index is -3.83. The second-order valence-corrected chi connectivity index (χ2v) is 9.13. The molecule has 0 unspecified atom stereocenters. The first-order chi connectivity index (χ1) is 15.1. The molecule has 0 saturated heterocycles. The van der Waals surface area contributed by atoms with E-state index in [9.17, 15) is 22.0 Å². The van der Waals surface area contributed by atoms with Gasteiger partial charge in [0, 0.05) is 16.5 Å². The van der Waals surface area contributed by atoms with E-state index in [1.54, 1.807) is 49.4 Å². The van der Waals surface area contributed by atoms with E-state index in [0.717, 1.165) is 12.3 Å². The number of rotatable bonds is 4. The molecule has 0 saturated carbocycles. The third kappa shape index (κ3) is 4.22. The fourth-order valence-corrected chi connectivity index (χ4v) is 4.07. The number of hydrogen-bond acceptors (Lipinski definition) is 4. The van der Waals surface area contributed by atoms with Crippen LogP contribution in [0.1, 0.15) is 15.9 Å². The number of carbonyl (C=O) groups excluding carboxylic acids is 1. The highest BCUT2D eigenvalue weighted by atomic mass is 32.2. The van der Waals surface area contributed by atoms with Crippen molar-refractivity contribution >= 4 is 26.8 Å². The number of nitrogens with one attached hydrogen (secondary N) is 1. The van der Waals surface area contributed by atoms with Gasteiger partial charge in [-0.3, -0.25) is 4.79 Å². The number of pyridine rings is 1. The summed E-state index contributed by atoms with van der Waals surface area (Å²) in [6.07, 6.45) is 0.868. The first kappa shape index (κ1) is 21.6. The van der Waals surface area contributed by atoms with Crippen LogP contribution in [-0.4, -0.2) is 25.6 Å². The predicted octanol–water partition coefficient (Wildman–Crippen LogP) is 4.84. The van der Waals surface area contributed by atoms with Crippen molar-refractivity contribution in [3.8, 4) is 22.4 Å². The lowest BCUT2D eigenvalue weighted by Gasteiger charge is -2.15. The molecular weight excluding hydrogens is 434 g/mol. The summed E-state index contributed by atoms with van der Waals surface area (Å²) in [6, 6.07) is 17.2. The van der Waals surface area contributed by atoms with Crippen molar-refractivity contribution in [2.24, 2.45) is 0 Å². The van der Waals surface area contributed by atoms with E-state index < -0.39 is 21.7 Å². The van der Waals surface area contributed by atoms with Gasteiger partial charge >= 0.3 is 0 Å². The third-order valence-electron chi connectivity index (χ3n) is 5.04. The summed E-state index contributed by atoms with van der Waals surface area (Å²) >= 11 is 0. The normalized spacial score (nSPS) is 11.5. The Morgan fingerprint density at radius 2 is 1.59 bits per heavy atom. The minimum Gasteiger partial charge on any atom is -0.268 e. The van der Waals surface area contributed by atoms with Crippen molar-refractivity contribution in [1.29, 1.82) is 0 Å². The lowest BCUT2D eigenvalue weighted by atomic mass is 9.96. The molecule has 1 N–H and O–H groups in total. The van der Waals surface area contributed by atoms with Gasteiger partial charge in [0.2, 0.25) is 10.0 Å². The van der Waals surface area contributed by atoms with Gasteiger partial charge in [-0.25, -0.2) is 26.9 Å². The maximum absolute atomic E-state index is 14.1. The Morgan fingerprint density at radius 3 is 2.25 bits per heavy atom. The van der Waals surface area contributed by atoms with Gasteiger partial charge in [0.25, 0.3) is 5.91 Å². The molecule has 1 amide bonds. The molecule has 0 bridgehead atoms. The summed E-state index contributed by atoms with van der Waals surface area (Å²) in [5, 5.41) is 0.204. The molecule has 3 aromatic carbocycles. The van der Waals surface area contributed by atoms with Crippen LogP contribution in [-0.2, 0) is 10.0 Å². The van der Waals surface area contributed by atoms with Crippen LogP contribution in [0.3, 0.4) is 0 Å². The highest BCUT2D eigenvalue weighted by Crippen LogP contribution is 2.32. The number of fused-ring (bicyclic) bond motifs is 1. The zero-order chi connectivity index (χ0) is 23.0. The maximum atomic E-state index is 14.1. The zero-order valence-electron chi connectivity index (χ0n) is 17.2. The number of amides is 1. The smallest absolute Gasteiger partial charge is 0.265 e. The largest absolute Gasteiger partial charge is 0.268 e. The van der Waals surface area contributed by atoms with Gasteiger partial charge in [-0.1, -0.05) is 42.5 Å². The molecule has 8 heteroatoms. The Morgan fingerprint density at radius 1 is 0.938 bits per heavy atom. The molecule has 162 valence electrons. The van der Waals surface area contributed by atoms with Crippen LogP contribution in [0.5, 0.6) is 0 Å². The van der Waals surface area contributed by atoms with Gasteiger partial charge in [0.15, 0.2) is 0 Å². The van der Waals surface area contributed by atoms with Crippen LogP contribution in [0.25, 0.3) is 33.3 Å². The molecule has 32 heavy (non-hydrogen) atoms. The molecule has 1 aromatic heterocycles. The van der Waals surface area contributed by atoms with Crippen LogP contribution in [0.15, 0.2) is 66.7 Å². The zero-order valence-corrected chi connectivity index (χ0v) is 18.0. The number of benzene rings is 3. The number of carbonyl (C=O) groups is 1. The van der Waals surface area contributed by atoms with E-state index in [4.69, 9.17) is 0 Å². The van der Waals surface area contributed by atoms with Gasteiger partial charge in [0.1, 0.15) is 11.6 Å². The molecule has 4 aromatic rings. The van der Waals surface area contributed by atoms with Crippen LogP contribution < -0.4 is 4.72 Å². The van der Waals surface area contributed by atoms with Crippen molar-refractivity contribution in [2.75, 3.05) is 6.26 Å². The molecular formula is C24H18F2N2O3S. The van der Waals surface area contributed by atoms with E-state index in [-0.39, 0.29) is 16.8 Å². The lowest BCUT2D eigenvalue weighted by molar-refractivity contribution is 0.0982. The number of hydrogen-bond donors (Lipinski definition) is 1. The van der Waals surface area contributed by atoms with Crippen LogP contribution >= 0.6 is 0 Å². The van der Waals surface area contributed by atoms with Crippen molar-refractivity contribution in [1.82, 2.24) is 9.71 Å². The fraction of sp³-hybridized carbons (Fsp3) is 0.0833. The number of aromatic nitrogens is 1.